The van der Waals surface area contributed by atoms with Crippen molar-refractivity contribution in [1.29, 1.82) is 0 Å². The minimum atomic E-state index is -0.307. The van der Waals surface area contributed by atoms with Gasteiger partial charge in [-0.3, -0.25) is 9.59 Å². The maximum absolute atomic E-state index is 13.7. The number of rotatable bonds is 8. The molecule has 3 aromatic carbocycles. The fourth-order valence-electron chi connectivity index (χ4n) is 4.98. The topological polar surface area (TPSA) is 78.9 Å². The van der Waals surface area contributed by atoms with Crippen molar-refractivity contribution in [3.8, 4) is 17.0 Å². The molecule has 0 radical (unpaired) electrons. The molecule has 2 heterocycles. The summed E-state index contributed by atoms with van der Waals surface area (Å²) in [5.74, 6) is 0.979. The van der Waals surface area contributed by atoms with Crippen LogP contribution < -0.4 is 9.64 Å². The summed E-state index contributed by atoms with van der Waals surface area (Å²) in [4.78, 5) is 32.8. The molecule has 0 aliphatic carbocycles. The lowest BCUT2D eigenvalue weighted by molar-refractivity contribution is -0.132. The Morgan fingerprint density at radius 3 is 2.33 bits per heavy atom. The highest BCUT2D eigenvalue weighted by atomic mass is 35.5. The second-order valence-electron chi connectivity index (χ2n) is 10.0. The summed E-state index contributed by atoms with van der Waals surface area (Å²) >= 11 is 12.3. The van der Waals surface area contributed by atoms with Crippen LogP contribution in [0.3, 0.4) is 0 Å². The van der Waals surface area contributed by atoms with E-state index in [1.54, 1.807) is 53.3 Å². The number of halogens is 2. The lowest BCUT2D eigenvalue weighted by Crippen LogP contribution is -2.52. The van der Waals surface area contributed by atoms with Gasteiger partial charge in [0, 0.05) is 42.3 Å². The molecule has 8 nitrogen and oxygen atoms in total. The minimum absolute atomic E-state index is 0.0392. The third-order valence-corrected chi connectivity index (χ3v) is 7.99. The van der Waals surface area contributed by atoms with Crippen LogP contribution in [0.25, 0.3) is 11.3 Å². The summed E-state index contributed by atoms with van der Waals surface area (Å²) in [7, 11) is 1.56. The highest BCUT2D eigenvalue weighted by Crippen LogP contribution is 2.29. The number of amides is 2. The van der Waals surface area contributed by atoms with E-state index in [4.69, 9.17) is 27.9 Å². The quantitative estimate of drug-likeness (QED) is 0.245. The second kappa shape index (κ2) is 13.2. The van der Waals surface area contributed by atoms with Gasteiger partial charge in [-0.1, -0.05) is 59.6 Å². The van der Waals surface area contributed by atoms with Crippen molar-refractivity contribution in [3.05, 3.63) is 106 Å². The van der Waals surface area contributed by atoms with Gasteiger partial charge < -0.3 is 19.4 Å². The van der Waals surface area contributed by atoms with Crippen molar-refractivity contribution in [2.45, 2.75) is 13.0 Å². The molecular weight excluding hydrogens is 573 g/mol. The van der Waals surface area contributed by atoms with E-state index in [-0.39, 0.29) is 24.4 Å². The van der Waals surface area contributed by atoms with Crippen LogP contribution in [0.4, 0.5) is 5.82 Å². The molecule has 1 aromatic heterocycles. The zero-order valence-electron chi connectivity index (χ0n) is 23.4. The molecule has 1 aliphatic rings. The molecule has 1 unspecified atom stereocenters. The Bertz CT molecular complexity index is 1540. The molecule has 1 fully saturated rings. The van der Waals surface area contributed by atoms with E-state index in [2.05, 4.69) is 15.1 Å². The lowest BCUT2D eigenvalue weighted by atomic mass is 10.1. The number of benzene rings is 3. The number of methoxy groups -OCH3 is 1. The summed E-state index contributed by atoms with van der Waals surface area (Å²) in [5.41, 5.74) is 2.83. The Labute approximate surface area is 255 Å². The third kappa shape index (κ3) is 6.66. The van der Waals surface area contributed by atoms with Gasteiger partial charge in [-0.05, 0) is 61.0 Å². The number of ether oxygens (including phenoxy) is 1. The van der Waals surface area contributed by atoms with Gasteiger partial charge in [-0.25, -0.2) is 0 Å². The maximum atomic E-state index is 13.7. The van der Waals surface area contributed by atoms with Gasteiger partial charge in [0.1, 0.15) is 12.3 Å². The number of carbonyl (C=O) groups is 2. The van der Waals surface area contributed by atoms with Crippen LogP contribution in [0.1, 0.15) is 28.9 Å². The van der Waals surface area contributed by atoms with Gasteiger partial charge in [-0.2, -0.15) is 0 Å². The molecular formula is C32H31Cl2N5O3. The molecule has 1 atom stereocenters. The van der Waals surface area contributed by atoms with Crippen molar-refractivity contribution < 1.29 is 14.3 Å². The summed E-state index contributed by atoms with van der Waals surface area (Å²) in [5, 5.41) is 9.84. The van der Waals surface area contributed by atoms with E-state index in [0.717, 1.165) is 16.9 Å². The van der Waals surface area contributed by atoms with E-state index in [1.807, 2.05) is 55.5 Å². The molecule has 216 valence electrons. The molecule has 4 aromatic rings. The van der Waals surface area contributed by atoms with Crippen LogP contribution >= 0.6 is 23.2 Å². The standard InChI is InChI=1S/C32H31Cl2N5O3/c1-22(23-7-4-3-5-8-23)39(32(41)24-9-6-10-26(19-24)42-2)21-31(40)38-17-15-37(16-18-38)30-14-13-29(35-36-30)27-12-11-25(33)20-28(27)34/h3-14,19-20,22H,15-18,21H2,1-2H3. The zero-order valence-corrected chi connectivity index (χ0v) is 24.9. The third-order valence-electron chi connectivity index (χ3n) is 7.45. The first-order valence-corrected chi connectivity index (χ1v) is 14.4. The van der Waals surface area contributed by atoms with Crippen molar-refractivity contribution in [2.24, 2.45) is 0 Å². The van der Waals surface area contributed by atoms with Gasteiger partial charge in [0.2, 0.25) is 5.91 Å². The summed E-state index contributed by atoms with van der Waals surface area (Å²) in [6.45, 7) is 4.11. The number of hydrogen-bond acceptors (Lipinski definition) is 6. The Morgan fingerprint density at radius 1 is 0.905 bits per heavy atom. The smallest absolute Gasteiger partial charge is 0.254 e. The molecule has 0 spiro atoms. The summed E-state index contributed by atoms with van der Waals surface area (Å²) < 4.78 is 5.32. The van der Waals surface area contributed by atoms with Crippen LogP contribution in [0.2, 0.25) is 10.0 Å². The molecule has 0 N–H and O–H groups in total. The Balaban J connectivity index is 1.26. The normalized spacial score (nSPS) is 13.9. The molecule has 10 heteroatoms. The molecule has 1 saturated heterocycles. The highest BCUT2D eigenvalue weighted by molar-refractivity contribution is 6.36. The van der Waals surface area contributed by atoms with Crippen molar-refractivity contribution in [2.75, 3.05) is 44.7 Å². The lowest BCUT2D eigenvalue weighted by Gasteiger charge is -2.37. The second-order valence-corrected chi connectivity index (χ2v) is 10.9. The maximum Gasteiger partial charge on any atom is 0.254 e. The van der Waals surface area contributed by atoms with E-state index in [1.165, 1.54) is 0 Å². The minimum Gasteiger partial charge on any atom is -0.497 e. The molecule has 42 heavy (non-hydrogen) atoms. The first-order valence-electron chi connectivity index (χ1n) is 13.7. The fourth-order valence-corrected chi connectivity index (χ4v) is 5.49. The molecule has 1 aliphatic heterocycles. The van der Waals surface area contributed by atoms with Gasteiger partial charge in [0.25, 0.3) is 5.91 Å². The van der Waals surface area contributed by atoms with Gasteiger partial charge >= 0.3 is 0 Å². The number of anilines is 1. The van der Waals surface area contributed by atoms with E-state index in [0.29, 0.717) is 53.2 Å². The predicted octanol–water partition coefficient (Wildman–Crippen LogP) is 6.01. The van der Waals surface area contributed by atoms with Gasteiger partial charge in [0.15, 0.2) is 5.82 Å². The van der Waals surface area contributed by atoms with Gasteiger partial charge in [0.05, 0.1) is 23.9 Å². The predicted molar refractivity (Wildman–Crippen MR) is 165 cm³/mol. The van der Waals surface area contributed by atoms with Crippen LogP contribution in [0, 0.1) is 0 Å². The first-order chi connectivity index (χ1) is 20.3. The van der Waals surface area contributed by atoms with Gasteiger partial charge in [-0.15, -0.1) is 10.2 Å². The zero-order chi connectivity index (χ0) is 29.6. The van der Waals surface area contributed by atoms with Crippen molar-refractivity contribution in [3.63, 3.8) is 0 Å². The number of piperazine rings is 1. The molecule has 5 rings (SSSR count). The Morgan fingerprint density at radius 2 is 1.67 bits per heavy atom. The van der Waals surface area contributed by atoms with E-state index >= 15 is 0 Å². The Hall–Kier alpha value is -4.14. The Kier molecular flexibility index (Phi) is 9.25. The van der Waals surface area contributed by atoms with Crippen LogP contribution in [-0.2, 0) is 4.79 Å². The number of aromatic nitrogens is 2. The monoisotopic (exact) mass is 603 g/mol. The van der Waals surface area contributed by atoms with Crippen LogP contribution in [0.5, 0.6) is 5.75 Å². The SMILES string of the molecule is COc1cccc(C(=O)N(CC(=O)N2CCN(c3ccc(-c4ccc(Cl)cc4Cl)nn3)CC2)C(C)c2ccccc2)c1. The van der Waals surface area contributed by atoms with E-state index in [9.17, 15) is 9.59 Å². The average Bonchev–Trinajstić information content (AvgIpc) is 3.03. The van der Waals surface area contributed by atoms with E-state index < -0.39 is 0 Å². The number of nitrogens with zero attached hydrogens (tertiary/aromatic N) is 5. The number of hydrogen-bond donors (Lipinski definition) is 0. The number of carbonyl (C=O) groups excluding carboxylic acids is 2. The first kappa shape index (κ1) is 29.4. The van der Waals surface area contributed by atoms with Crippen molar-refractivity contribution >= 4 is 40.8 Å². The molecule has 2 amide bonds. The van der Waals surface area contributed by atoms with Crippen molar-refractivity contribution in [1.82, 2.24) is 20.0 Å². The summed E-state index contributed by atoms with van der Waals surface area (Å²) in [6.07, 6.45) is 0. The molecule has 0 bridgehead atoms. The van der Waals surface area contributed by atoms with Crippen LogP contribution in [0.15, 0.2) is 84.9 Å². The van der Waals surface area contributed by atoms with Crippen LogP contribution in [-0.4, -0.2) is 71.6 Å². The molecule has 0 saturated carbocycles. The largest absolute Gasteiger partial charge is 0.497 e. The average molecular weight is 605 g/mol. The summed E-state index contributed by atoms with van der Waals surface area (Å²) in [6, 6.07) is 25.5. The fraction of sp³-hybridized carbons (Fsp3) is 0.250. The highest BCUT2D eigenvalue weighted by Gasteiger charge is 2.29.